The topological polar surface area (TPSA) is 64.6 Å². The molecule has 1 aromatic heterocycles. The second-order valence-corrected chi connectivity index (χ2v) is 7.62. The fourth-order valence-corrected chi connectivity index (χ4v) is 4.16. The van der Waals surface area contributed by atoms with Crippen LogP contribution in [-0.2, 0) is 14.3 Å². The Kier molecular flexibility index (Phi) is 5.96. The number of ether oxygens (including phenoxy) is 2. The maximum atomic E-state index is 12.6. The van der Waals surface area contributed by atoms with E-state index >= 15 is 0 Å². The van der Waals surface area contributed by atoms with Gasteiger partial charge in [-0.1, -0.05) is 23.7 Å². The van der Waals surface area contributed by atoms with Gasteiger partial charge in [0.25, 0.3) is 5.91 Å². The van der Waals surface area contributed by atoms with E-state index in [-0.39, 0.29) is 12.5 Å². The normalized spacial score (nSPS) is 16.5. The van der Waals surface area contributed by atoms with E-state index in [4.69, 9.17) is 21.1 Å². The number of carbonyl (C=O) groups is 2. The third-order valence-corrected chi connectivity index (χ3v) is 5.43. The van der Waals surface area contributed by atoms with Crippen LogP contribution in [0.5, 0.6) is 0 Å². The fourth-order valence-electron chi connectivity index (χ4n) is 2.97. The number of hydrogen-bond donors (Lipinski definition) is 1. The van der Waals surface area contributed by atoms with Crippen LogP contribution in [0.4, 0.5) is 5.00 Å². The van der Waals surface area contributed by atoms with Crippen molar-refractivity contribution in [2.75, 3.05) is 18.5 Å². The summed E-state index contributed by atoms with van der Waals surface area (Å²) in [4.78, 5) is 26.0. The first kappa shape index (κ1) is 18.9. The van der Waals surface area contributed by atoms with Gasteiger partial charge < -0.3 is 14.8 Å². The first-order valence-electron chi connectivity index (χ1n) is 8.50. The third kappa shape index (κ3) is 3.92. The van der Waals surface area contributed by atoms with Gasteiger partial charge >= 0.3 is 5.97 Å². The highest BCUT2D eigenvalue weighted by molar-refractivity contribution is 7.17. The Bertz CT molecular complexity index is 810. The van der Waals surface area contributed by atoms with Crippen molar-refractivity contribution in [1.82, 2.24) is 0 Å². The number of rotatable bonds is 5. The van der Waals surface area contributed by atoms with Gasteiger partial charge in [0.05, 0.1) is 6.61 Å². The quantitative estimate of drug-likeness (QED) is 0.749. The molecular formula is C19H20ClNO4S. The molecule has 1 aromatic carbocycles. The van der Waals surface area contributed by atoms with Crippen LogP contribution >= 0.6 is 22.9 Å². The van der Waals surface area contributed by atoms with Crippen molar-refractivity contribution in [1.29, 1.82) is 0 Å². The number of halogens is 1. The van der Waals surface area contributed by atoms with Crippen molar-refractivity contribution in [2.24, 2.45) is 0 Å². The van der Waals surface area contributed by atoms with Crippen LogP contribution in [0, 0.1) is 6.92 Å². The van der Waals surface area contributed by atoms with E-state index in [1.807, 2.05) is 19.1 Å². The lowest BCUT2D eigenvalue weighted by Crippen LogP contribution is -2.27. The van der Waals surface area contributed by atoms with Crippen LogP contribution in [-0.4, -0.2) is 31.2 Å². The molecular weight excluding hydrogens is 374 g/mol. The molecule has 0 aliphatic carbocycles. The summed E-state index contributed by atoms with van der Waals surface area (Å²) < 4.78 is 10.7. The van der Waals surface area contributed by atoms with E-state index in [0.717, 1.165) is 22.4 Å². The molecule has 1 N–H and O–H groups in total. The number of carbonyl (C=O) groups excluding carboxylic acids is 2. The molecule has 1 saturated heterocycles. The Morgan fingerprint density at radius 1 is 1.35 bits per heavy atom. The smallest absolute Gasteiger partial charge is 0.341 e. The minimum atomic E-state index is -0.466. The predicted molar refractivity (Wildman–Crippen MR) is 103 cm³/mol. The monoisotopic (exact) mass is 393 g/mol. The summed E-state index contributed by atoms with van der Waals surface area (Å²) in [6.45, 7) is 4.51. The molecule has 138 valence electrons. The Morgan fingerprint density at radius 3 is 2.69 bits per heavy atom. The summed E-state index contributed by atoms with van der Waals surface area (Å²) in [7, 11) is 0. The first-order chi connectivity index (χ1) is 12.5. The second-order valence-electron chi connectivity index (χ2n) is 5.96. The highest BCUT2D eigenvalue weighted by Crippen LogP contribution is 2.41. The Morgan fingerprint density at radius 2 is 2.08 bits per heavy atom. The van der Waals surface area contributed by atoms with Gasteiger partial charge in [0.1, 0.15) is 16.7 Å². The molecule has 3 rings (SSSR count). The zero-order chi connectivity index (χ0) is 18.7. The molecule has 0 radical (unpaired) electrons. The average Bonchev–Trinajstić information content (AvgIpc) is 3.24. The first-order valence-corrected chi connectivity index (χ1v) is 9.69. The van der Waals surface area contributed by atoms with Crippen LogP contribution in [0.25, 0.3) is 11.1 Å². The van der Waals surface area contributed by atoms with Crippen molar-refractivity contribution < 1.29 is 19.1 Å². The van der Waals surface area contributed by atoms with Crippen LogP contribution in [0.1, 0.15) is 35.0 Å². The van der Waals surface area contributed by atoms with E-state index < -0.39 is 12.1 Å². The number of benzene rings is 1. The van der Waals surface area contributed by atoms with Crippen LogP contribution in [0.3, 0.4) is 0 Å². The van der Waals surface area contributed by atoms with Crippen molar-refractivity contribution in [2.45, 2.75) is 32.8 Å². The van der Waals surface area contributed by atoms with Gasteiger partial charge in [0.15, 0.2) is 0 Å². The number of aryl methyl sites for hydroxylation is 1. The molecule has 1 aliphatic heterocycles. The van der Waals surface area contributed by atoms with Gasteiger partial charge in [-0.25, -0.2) is 4.79 Å². The van der Waals surface area contributed by atoms with E-state index in [1.54, 1.807) is 19.1 Å². The molecule has 1 unspecified atom stereocenters. The molecule has 26 heavy (non-hydrogen) atoms. The lowest BCUT2D eigenvalue weighted by Gasteiger charge is -2.11. The largest absolute Gasteiger partial charge is 0.462 e. The molecule has 2 aromatic rings. The van der Waals surface area contributed by atoms with Crippen molar-refractivity contribution in [3.63, 3.8) is 0 Å². The molecule has 0 saturated carbocycles. The molecule has 0 spiro atoms. The standard InChI is InChI=1S/C19H20ClNO4S/c1-3-24-19(23)16-15(12-6-8-13(20)9-7-12)11(2)26-18(16)21-17(22)14-5-4-10-25-14/h6-9,14H,3-5,10H2,1-2H3,(H,21,22). The number of anilines is 1. The summed E-state index contributed by atoms with van der Waals surface area (Å²) in [5.74, 6) is -0.679. The Hall–Kier alpha value is -1.89. The zero-order valence-corrected chi connectivity index (χ0v) is 16.2. The summed E-state index contributed by atoms with van der Waals surface area (Å²) in [5, 5.41) is 3.97. The predicted octanol–water partition coefficient (Wildman–Crippen LogP) is 4.67. The SMILES string of the molecule is CCOC(=O)c1c(NC(=O)C2CCCO2)sc(C)c1-c1ccc(Cl)cc1. The Labute approximate surface area is 161 Å². The summed E-state index contributed by atoms with van der Waals surface area (Å²) in [6, 6.07) is 7.25. The molecule has 2 heterocycles. The summed E-state index contributed by atoms with van der Waals surface area (Å²) in [6.07, 6.45) is 1.09. The molecule has 1 aliphatic rings. The van der Waals surface area contributed by atoms with Gasteiger partial charge in [-0.05, 0) is 44.4 Å². The number of nitrogens with one attached hydrogen (secondary N) is 1. The van der Waals surface area contributed by atoms with E-state index in [1.165, 1.54) is 11.3 Å². The van der Waals surface area contributed by atoms with E-state index in [0.29, 0.717) is 28.6 Å². The number of esters is 1. The maximum absolute atomic E-state index is 12.6. The lowest BCUT2D eigenvalue weighted by molar-refractivity contribution is -0.124. The van der Waals surface area contributed by atoms with Crippen molar-refractivity contribution in [3.8, 4) is 11.1 Å². The number of amides is 1. The number of thiophene rings is 1. The minimum Gasteiger partial charge on any atom is -0.462 e. The van der Waals surface area contributed by atoms with Crippen molar-refractivity contribution in [3.05, 3.63) is 39.7 Å². The van der Waals surface area contributed by atoms with Gasteiger partial charge in [-0.3, -0.25) is 4.79 Å². The average molecular weight is 394 g/mol. The highest BCUT2D eigenvalue weighted by Gasteiger charge is 2.29. The molecule has 0 bridgehead atoms. The van der Waals surface area contributed by atoms with Gasteiger partial charge in [0, 0.05) is 22.1 Å². The fraction of sp³-hybridized carbons (Fsp3) is 0.368. The van der Waals surface area contributed by atoms with Crippen molar-refractivity contribution >= 4 is 39.8 Å². The number of hydrogen-bond acceptors (Lipinski definition) is 5. The highest BCUT2D eigenvalue weighted by atomic mass is 35.5. The second kappa shape index (κ2) is 8.20. The Balaban J connectivity index is 2.00. The summed E-state index contributed by atoms with van der Waals surface area (Å²) >= 11 is 7.34. The zero-order valence-electron chi connectivity index (χ0n) is 14.6. The maximum Gasteiger partial charge on any atom is 0.341 e. The van der Waals surface area contributed by atoms with Crippen LogP contribution < -0.4 is 5.32 Å². The minimum absolute atomic E-state index is 0.225. The van der Waals surface area contributed by atoms with Crippen LogP contribution in [0.15, 0.2) is 24.3 Å². The van der Waals surface area contributed by atoms with E-state index in [2.05, 4.69) is 5.32 Å². The van der Waals surface area contributed by atoms with Gasteiger partial charge in [0.2, 0.25) is 0 Å². The third-order valence-electron chi connectivity index (χ3n) is 4.16. The molecule has 7 heteroatoms. The van der Waals surface area contributed by atoms with Gasteiger partial charge in [-0.2, -0.15) is 0 Å². The molecule has 1 fully saturated rings. The van der Waals surface area contributed by atoms with E-state index in [9.17, 15) is 9.59 Å². The molecule has 5 nitrogen and oxygen atoms in total. The summed E-state index contributed by atoms with van der Waals surface area (Å²) in [5.41, 5.74) is 1.99. The molecule has 1 amide bonds. The molecule has 1 atom stereocenters. The lowest BCUT2D eigenvalue weighted by atomic mass is 10.0. The van der Waals surface area contributed by atoms with Crippen LogP contribution in [0.2, 0.25) is 5.02 Å². The van der Waals surface area contributed by atoms with Gasteiger partial charge in [-0.15, -0.1) is 11.3 Å².